The Morgan fingerprint density at radius 3 is 2.24 bits per heavy atom. The van der Waals surface area contributed by atoms with Gasteiger partial charge in [-0.05, 0) is 25.9 Å². The maximum Gasteiger partial charge on any atom is 0.402 e. The van der Waals surface area contributed by atoms with Crippen LogP contribution in [0.2, 0.25) is 0 Å². The van der Waals surface area contributed by atoms with Crippen molar-refractivity contribution in [2.45, 2.75) is 25.1 Å². The predicted molar refractivity (Wildman–Crippen MR) is 59.3 cm³/mol. The van der Waals surface area contributed by atoms with Crippen LogP contribution in [0.4, 0.5) is 13.2 Å². The number of nitrogens with one attached hydrogen (secondary N) is 3. The monoisotopic (exact) mass is 297 g/mol. The third-order valence-electron chi connectivity index (χ3n) is 2.12. The molecule has 0 aromatic carbocycles. The van der Waals surface area contributed by atoms with E-state index in [1.54, 1.807) is 0 Å². The minimum Gasteiger partial charge on any atom is -0.317 e. The molecular formula is C7H15ClF3N3O2S. The molecule has 1 aliphatic heterocycles. The average molecular weight is 298 g/mol. The molecule has 1 aliphatic rings. The number of piperidine rings is 1. The van der Waals surface area contributed by atoms with Gasteiger partial charge in [-0.3, -0.25) is 0 Å². The van der Waals surface area contributed by atoms with E-state index in [4.69, 9.17) is 0 Å². The second-order valence-electron chi connectivity index (χ2n) is 3.58. The van der Waals surface area contributed by atoms with Gasteiger partial charge in [0, 0.05) is 6.04 Å². The third-order valence-corrected chi connectivity index (χ3v) is 3.29. The molecule has 0 spiro atoms. The van der Waals surface area contributed by atoms with Crippen molar-refractivity contribution < 1.29 is 21.6 Å². The second-order valence-corrected chi connectivity index (χ2v) is 5.11. The van der Waals surface area contributed by atoms with Gasteiger partial charge in [-0.25, -0.2) is 0 Å². The number of hydrogen-bond donors (Lipinski definition) is 3. The minimum atomic E-state index is -4.54. The molecule has 3 N–H and O–H groups in total. The van der Waals surface area contributed by atoms with Crippen molar-refractivity contribution in [3.8, 4) is 0 Å². The first kappa shape index (κ1) is 16.9. The first-order valence-electron chi connectivity index (χ1n) is 4.83. The molecule has 104 valence electrons. The molecule has 0 aliphatic carbocycles. The van der Waals surface area contributed by atoms with Gasteiger partial charge in [-0.15, -0.1) is 12.4 Å². The highest BCUT2D eigenvalue weighted by Gasteiger charge is 2.30. The Labute approximate surface area is 104 Å². The number of alkyl halides is 3. The lowest BCUT2D eigenvalue weighted by molar-refractivity contribution is -0.121. The molecule has 0 amide bonds. The van der Waals surface area contributed by atoms with Crippen molar-refractivity contribution in [3.05, 3.63) is 0 Å². The van der Waals surface area contributed by atoms with Gasteiger partial charge in [-0.1, -0.05) is 0 Å². The highest BCUT2D eigenvalue weighted by Crippen LogP contribution is 2.12. The smallest absolute Gasteiger partial charge is 0.317 e. The molecule has 0 radical (unpaired) electrons. The first-order chi connectivity index (χ1) is 7.29. The van der Waals surface area contributed by atoms with Crippen LogP contribution in [-0.2, 0) is 10.2 Å². The second kappa shape index (κ2) is 6.74. The molecule has 17 heavy (non-hydrogen) atoms. The lowest BCUT2D eigenvalue weighted by Gasteiger charge is -2.23. The van der Waals surface area contributed by atoms with Crippen molar-refractivity contribution in [3.63, 3.8) is 0 Å². The molecule has 5 nitrogen and oxygen atoms in total. The maximum atomic E-state index is 11.8. The summed E-state index contributed by atoms with van der Waals surface area (Å²) < 4.78 is 61.5. The van der Waals surface area contributed by atoms with Crippen molar-refractivity contribution in [1.82, 2.24) is 14.8 Å². The summed E-state index contributed by atoms with van der Waals surface area (Å²) in [5.74, 6) is 0. The molecule has 1 saturated heterocycles. The van der Waals surface area contributed by atoms with Gasteiger partial charge in [0.2, 0.25) is 0 Å². The fraction of sp³-hybridized carbons (Fsp3) is 1.00. The fourth-order valence-electron chi connectivity index (χ4n) is 1.38. The van der Waals surface area contributed by atoms with Gasteiger partial charge in [0.05, 0.1) is 0 Å². The highest BCUT2D eigenvalue weighted by molar-refractivity contribution is 7.87. The Hall–Kier alpha value is -0.0900. The Balaban J connectivity index is 0.00000256. The minimum absolute atomic E-state index is 0. The number of hydrogen-bond acceptors (Lipinski definition) is 3. The van der Waals surface area contributed by atoms with E-state index < -0.39 is 22.9 Å². The summed E-state index contributed by atoms with van der Waals surface area (Å²) in [5, 5.41) is 3.02. The largest absolute Gasteiger partial charge is 0.402 e. The van der Waals surface area contributed by atoms with Gasteiger partial charge in [0.25, 0.3) is 10.2 Å². The highest BCUT2D eigenvalue weighted by atomic mass is 35.5. The number of rotatable bonds is 4. The van der Waals surface area contributed by atoms with Crippen LogP contribution in [0, 0.1) is 0 Å². The first-order valence-corrected chi connectivity index (χ1v) is 6.31. The molecule has 0 unspecified atom stereocenters. The SMILES string of the molecule is Cl.O=S(=O)(NCC(F)(F)F)NC1CCNCC1. The summed E-state index contributed by atoms with van der Waals surface area (Å²) in [6, 6.07) is -0.299. The molecule has 0 aromatic rings. The molecule has 10 heteroatoms. The topological polar surface area (TPSA) is 70.2 Å². The van der Waals surface area contributed by atoms with Gasteiger partial charge in [0.15, 0.2) is 0 Å². The van der Waals surface area contributed by atoms with Crippen molar-refractivity contribution in [1.29, 1.82) is 0 Å². The van der Waals surface area contributed by atoms with Crippen LogP contribution in [0.1, 0.15) is 12.8 Å². The summed E-state index contributed by atoms with van der Waals surface area (Å²) in [6.45, 7) is -0.230. The Morgan fingerprint density at radius 1 is 1.24 bits per heavy atom. The zero-order chi connectivity index (χ0) is 12.2. The fourth-order valence-corrected chi connectivity index (χ4v) is 2.49. The van der Waals surface area contributed by atoms with E-state index in [1.165, 1.54) is 4.72 Å². The van der Waals surface area contributed by atoms with Crippen LogP contribution in [0.5, 0.6) is 0 Å². The van der Waals surface area contributed by atoms with E-state index >= 15 is 0 Å². The van der Waals surface area contributed by atoms with Crippen molar-refractivity contribution in [2.24, 2.45) is 0 Å². The normalized spacial score (nSPS) is 18.8. The summed E-state index contributed by atoms with van der Waals surface area (Å²) >= 11 is 0. The Bertz CT molecular complexity index is 317. The van der Waals surface area contributed by atoms with Gasteiger partial charge in [0.1, 0.15) is 6.54 Å². The van der Waals surface area contributed by atoms with Gasteiger partial charge in [-0.2, -0.15) is 31.0 Å². The maximum absolute atomic E-state index is 11.8. The number of halogens is 4. The quantitative estimate of drug-likeness (QED) is 0.692. The lowest BCUT2D eigenvalue weighted by atomic mass is 10.1. The average Bonchev–Trinajstić information content (AvgIpc) is 2.15. The van der Waals surface area contributed by atoms with Crippen LogP contribution in [0.3, 0.4) is 0 Å². The van der Waals surface area contributed by atoms with Gasteiger partial charge >= 0.3 is 6.18 Å². The van der Waals surface area contributed by atoms with Crippen LogP contribution in [-0.4, -0.2) is 40.3 Å². The molecule has 0 aromatic heterocycles. The van der Waals surface area contributed by atoms with E-state index in [1.807, 2.05) is 0 Å². The molecular weight excluding hydrogens is 283 g/mol. The molecule has 0 saturated carbocycles. The Kier molecular flexibility index (Phi) is 6.70. The molecule has 1 fully saturated rings. The van der Waals surface area contributed by atoms with Crippen molar-refractivity contribution >= 4 is 22.6 Å². The summed E-state index contributed by atoms with van der Waals surface area (Å²) in [4.78, 5) is 0. The Morgan fingerprint density at radius 2 is 1.76 bits per heavy atom. The molecule has 0 atom stereocenters. The van der Waals surface area contributed by atoms with E-state index in [0.29, 0.717) is 25.9 Å². The summed E-state index contributed by atoms with van der Waals surface area (Å²) in [7, 11) is -4.06. The molecule has 0 bridgehead atoms. The van der Waals surface area contributed by atoms with Crippen molar-refractivity contribution in [2.75, 3.05) is 19.6 Å². The zero-order valence-electron chi connectivity index (χ0n) is 8.88. The molecule has 1 rings (SSSR count). The van der Waals surface area contributed by atoms with Gasteiger partial charge < -0.3 is 5.32 Å². The summed E-state index contributed by atoms with van der Waals surface area (Å²) in [6.07, 6.45) is -3.39. The van der Waals surface area contributed by atoms with E-state index in [-0.39, 0.29) is 18.4 Å². The lowest BCUT2D eigenvalue weighted by Crippen LogP contribution is -2.48. The van der Waals surface area contributed by atoms with Crippen LogP contribution < -0.4 is 14.8 Å². The van der Waals surface area contributed by atoms with E-state index in [0.717, 1.165) is 0 Å². The predicted octanol–water partition coefficient (Wildman–Crippen LogP) is 0.146. The van der Waals surface area contributed by atoms with Crippen LogP contribution in [0.15, 0.2) is 0 Å². The summed E-state index contributed by atoms with van der Waals surface area (Å²) in [5.41, 5.74) is 0. The van der Waals surface area contributed by atoms with E-state index in [9.17, 15) is 21.6 Å². The van der Waals surface area contributed by atoms with E-state index in [2.05, 4.69) is 10.0 Å². The van der Waals surface area contributed by atoms with Crippen LogP contribution >= 0.6 is 12.4 Å². The van der Waals surface area contributed by atoms with Crippen LogP contribution in [0.25, 0.3) is 0 Å². The standard InChI is InChI=1S/C7H14F3N3O2S.ClH/c8-7(9,10)5-12-16(14,15)13-6-1-3-11-4-2-6;/h6,11-13H,1-5H2;1H. The molecule has 1 heterocycles. The third kappa shape index (κ3) is 7.77. The zero-order valence-corrected chi connectivity index (χ0v) is 10.5.